The van der Waals surface area contributed by atoms with E-state index in [1.165, 1.54) is 0 Å². The molecule has 1 saturated carbocycles. The molecule has 0 atom stereocenters. The number of aryl methyl sites for hydroxylation is 1. The summed E-state index contributed by atoms with van der Waals surface area (Å²) < 4.78 is 5.18. The number of nitrogens with zero attached hydrogens (tertiary/aromatic N) is 1. The molecule has 1 aliphatic carbocycles. The van der Waals surface area contributed by atoms with Crippen molar-refractivity contribution in [2.45, 2.75) is 38.5 Å². The fourth-order valence-electron chi connectivity index (χ4n) is 2.32. The molecule has 1 aliphatic rings. The number of rotatable bonds is 3. The zero-order valence-electron chi connectivity index (χ0n) is 9.82. The van der Waals surface area contributed by atoms with E-state index in [1.807, 2.05) is 26.0 Å². The van der Waals surface area contributed by atoms with Crippen molar-refractivity contribution in [3.63, 3.8) is 0 Å². The van der Waals surface area contributed by atoms with E-state index in [0.29, 0.717) is 6.61 Å². The van der Waals surface area contributed by atoms with Gasteiger partial charge in [-0.3, -0.25) is 9.78 Å². The molecule has 1 fully saturated rings. The first-order valence-corrected chi connectivity index (χ1v) is 5.80. The summed E-state index contributed by atoms with van der Waals surface area (Å²) in [7, 11) is 0. The summed E-state index contributed by atoms with van der Waals surface area (Å²) in [5, 5.41) is 0. The molecule has 1 heterocycles. The smallest absolute Gasteiger partial charge is 0.318 e. The second-order valence-electron chi connectivity index (χ2n) is 4.33. The molecule has 1 aromatic heterocycles. The summed E-state index contributed by atoms with van der Waals surface area (Å²) in [5.74, 6) is -0.108. The quantitative estimate of drug-likeness (QED) is 0.733. The van der Waals surface area contributed by atoms with E-state index in [-0.39, 0.29) is 5.97 Å². The lowest BCUT2D eigenvalue weighted by atomic mass is 9.65. The minimum absolute atomic E-state index is 0.108. The largest absolute Gasteiger partial charge is 0.465 e. The van der Waals surface area contributed by atoms with Crippen molar-refractivity contribution in [3.8, 4) is 0 Å². The van der Waals surface area contributed by atoms with Gasteiger partial charge in [0.2, 0.25) is 0 Å². The Kier molecular flexibility index (Phi) is 2.95. The van der Waals surface area contributed by atoms with Crippen LogP contribution >= 0.6 is 0 Å². The highest BCUT2D eigenvalue weighted by atomic mass is 16.5. The molecule has 0 N–H and O–H groups in total. The molecule has 2 rings (SSSR count). The van der Waals surface area contributed by atoms with Crippen LogP contribution in [0.25, 0.3) is 0 Å². The maximum atomic E-state index is 12.0. The zero-order valence-corrected chi connectivity index (χ0v) is 9.82. The first kappa shape index (κ1) is 11.1. The molecule has 0 radical (unpaired) electrons. The Morgan fingerprint density at radius 1 is 1.56 bits per heavy atom. The number of esters is 1. The van der Waals surface area contributed by atoms with Crippen molar-refractivity contribution in [2.75, 3.05) is 6.61 Å². The monoisotopic (exact) mass is 219 g/mol. The first-order valence-electron chi connectivity index (χ1n) is 5.80. The summed E-state index contributed by atoms with van der Waals surface area (Å²) in [5.41, 5.74) is 1.52. The van der Waals surface area contributed by atoms with E-state index >= 15 is 0 Å². The summed E-state index contributed by atoms with van der Waals surface area (Å²) in [4.78, 5) is 16.4. The molecule has 3 nitrogen and oxygen atoms in total. The zero-order chi connectivity index (χ0) is 11.6. The van der Waals surface area contributed by atoms with E-state index in [0.717, 1.165) is 30.5 Å². The van der Waals surface area contributed by atoms with Crippen molar-refractivity contribution >= 4 is 5.97 Å². The average molecular weight is 219 g/mol. The number of hydrogen-bond donors (Lipinski definition) is 0. The summed E-state index contributed by atoms with van der Waals surface area (Å²) in [6.07, 6.45) is 4.56. The van der Waals surface area contributed by atoms with Gasteiger partial charge in [0.25, 0.3) is 0 Å². The van der Waals surface area contributed by atoms with Crippen LogP contribution in [0.4, 0.5) is 0 Å². The minimum Gasteiger partial charge on any atom is -0.465 e. The van der Waals surface area contributed by atoms with Crippen LogP contribution in [-0.4, -0.2) is 17.6 Å². The van der Waals surface area contributed by atoms with Crippen LogP contribution in [0.15, 0.2) is 18.3 Å². The third-order valence-electron chi connectivity index (χ3n) is 3.34. The molecule has 0 spiro atoms. The molecule has 0 saturated heterocycles. The summed E-state index contributed by atoms with van der Waals surface area (Å²) in [6, 6.07) is 3.90. The highest BCUT2D eigenvalue weighted by Crippen LogP contribution is 2.44. The lowest BCUT2D eigenvalue weighted by Crippen LogP contribution is -2.44. The topological polar surface area (TPSA) is 39.2 Å². The van der Waals surface area contributed by atoms with E-state index in [4.69, 9.17) is 4.74 Å². The van der Waals surface area contributed by atoms with Gasteiger partial charge in [-0.25, -0.2) is 0 Å². The Bertz CT molecular complexity index is 397. The predicted molar refractivity (Wildman–Crippen MR) is 61.1 cm³/mol. The Hall–Kier alpha value is -1.38. The van der Waals surface area contributed by atoms with E-state index < -0.39 is 5.41 Å². The Balaban J connectivity index is 2.35. The van der Waals surface area contributed by atoms with Crippen LogP contribution in [0, 0.1) is 6.92 Å². The highest BCUT2D eigenvalue weighted by molar-refractivity contribution is 5.84. The average Bonchev–Trinajstić information content (AvgIpc) is 2.19. The second kappa shape index (κ2) is 4.24. The van der Waals surface area contributed by atoms with Crippen LogP contribution in [0.3, 0.4) is 0 Å². The molecule has 0 amide bonds. The number of ether oxygens (including phenoxy) is 1. The van der Waals surface area contributed by atoms with Gasteiger partial charge in [-0.05, 0) is 38.3 Å². The minimum atomic E-state index is -0.457. The van der Waals surface area contributed by atoms with E-state index in [1.54, 1.807) is 6.20 Å². The number of aromatic nitrogens is 1. The molecule has 0 unspecified atom stereocenters. The number of hydrogen-bond acceptors (Lipinski definition) is 3. The molecular weight excluding hydrogens is 202 g/mol. The Morgan fingerprint density at radius 3 is 2.81 bits per heavy atom. The fourth-order valence-corrected chi connectivity index (χ4v) is 2.32. The van der Waals surface area contributed by atoms with Gasteiger partial charge < -0.3 is 4.74 Å². The maximum Gasteiger partial charge on any atom is 0.318 e. The molecule has 0 bridgehead atoms. The molecule has 0 aromatic carbocycles. The van der Waals surface area contributed by atoms with Gasteiger partial charge in [-0.15, -0.1) is 0 Å². The number of carbonyl (C=O) groups is 1. The number of pyridine rings is 1. The third-order valence-corrected chi connectivity index (χ3v) is 3.34. The summed E-state index contributed by atoms with van der Waals surface area (Å²) >= 11 is 0. The van der Waals surface area contributed by atoms with Crippen molar-refractivity contribution in [3.05, 3.63) is 29.6 Å². The molecule has 0 aliphatic heterocycles. The molecular formula is C13H17NO2. The van der Waals surface area contributed by atoms with Crippen molar-refractivity contribution < 1.29 is 9.53 Å². The normalized spacial score (nSPS) is 17.6. The predicted octanol–water partition coefficient (Wildman–Crippen LogP) is 2.37. The van der Waals surface area contributed by atoms with Crippen LogP contribution < -0.4 is 0 Å². The molecule has 1 aromatic rings. The summed E-state index contributed by atoms with van der Waals surface area (Å²) in [6.45, 7) is 4.28. The van der Waals surface area contributed by atoms with Crippen molar-refractivity contribution in [1.82, 2.24) is 4.98 Å². The van der Waals surface area contributed by atoms with Crippen molar-refractivity contribution in [1.29, 1.82) is 0 Å². The van der Waals surface area contributed by atoms with Crippen LogP contribution in [0.1, 0.15) is 37.4 Å². The van der Waals surface area contributed by atoms with Gasteiger partial charge in [0.1, 0.15) is 5.41 Å². The lowest BCUT2D eigenvalue weighted by molar-refractivity contribution is -0.154. The Labute approximate surface area is 95.8 Å². The second-order valence-corrected chi connectivity index (χ2v) is 4.33. The van der Waals surface area contributed by atoms with Gasteiger partial charge in [0.15, 0.2) is 0 Å². The van der Waals surface area contributed by atoms with Gasteiger partial charge in [-0.2, -0.15) is 0 Å². The SMILES string of the molecule is CCOC(=O)C1(c2ncccc2C)CCC1. The molecule has 3 heteroatoms. The van der Waals surface area contributed by atoms with Gasteiger partial charge in [0.05, 0.1) is 12.3 Å². The van der Waals surface area contributed by atoms with E-state index in [9.17, 15) is 4.79 Å². The molecule has 86 valence electrons. The Morgan fingerprint density at radius 2 is 2.31 bits per heavy atom. The van der Waals surface area contributed by atoms with Gasteiger partial charge in [0, 0.05) is 6.20 Å². The first-order chi connectivity index (χ1) is 7.70. The van der Waals surface area contributed by atoms with Crippen LogP contribution in [0.2, 0.25) is 0 Å². The van der Waals surface area contributed by atoms with Crippen LogP contribution in [-0.2, 0) is 14.9 Å². The molecule has 16 heavy (non-hydrogen) atoms. The van der Waals surface area contributed by atoms with Gasteiger partial charge >= 0.3 is 5.97 Å². The van der Waals surface area contributed by atoms with E-state index in [2.05, 4.69) is 4.98 Å². The lowest BCUT2D eigenvalue weighted by Gasteiger charge is -2.39. The maximum absolute atomic E-state index is 12.0. The highest BCUT2D eigenvalue weighted by Gasteiger charge is 2.48. The fraction of sp³-hybridized carbons (Fsp3) is 0.538. The third kappa shape index (κ3) is 1.60. The number of carbonyl (C=O) groups excluding carboxylic acids is 1. The standard InChI is InChI=1S/C13H17NO2/c1-3-16-12(15)13(7-5-8-13)11-10(2)6-4-9-14-11/h4,6,9H,3,5,7-8H2,1-2H3. The van der Waals surface area contributed by atoms with Gasteiger partial charge in [-0.1, -0.05) is 12.5 Å². The van der Waals surface area contributed by atoms with Crippen LogP contribution in [0.5, 0.6) is 0 Å². The van der Waals surface area contributed by atoms with Crippen molar-refractivity contribution in [2.24, 2.45) is 0 Å².